The van der Waals surface area contributed by atoms with Crippen LogP contribution in [0.5, 0.6) is 5.75 Å². The van der Waals surface area contributed by atoms with E-state index in [4.69, 9.17) is 20.8 Å². The molecule has 138 valence electrons. The second-order valence-corrected chi connectivity index (χ2v) is 6.66. The van der Waals surface area contributed by atoms with E-state index in [2.05, 4.69) is 0 Å². The molecule has 0 bridgehead atoms. The summed E-state index contributed by atoms with van der Waals surface area (Å²) >= 11 is 5.83. The summed E-state index contributed by atoms with van der Waals surface area (Å²) in [4.78, 5) is 25.0. The number of carbonyl (C=O) groups excluding carboxylic acids is 1. The molecule has 1 aromatic heterocycles. The van der Waals surface area contributed by atoms with Crippen molar-refractivity contribution in [2.75, 3.05) is 6.61 Å². The first-order valence-electron chi connectivity index (χ1n) is 8.64. The number of fused-ring (bicyclic) bond motifs is 1. The first-order valence-corrected chi connectivity index (χ1v) is 9.02. The maximum absolute atomic E-state index is 12.8. The van der Waals surface area contributed by atoms with E-state index in [0.717, 1.165) is 5.56 Å². The van der Waals surface area contributed by atoms with Crippen LogP contribution in [-0.2, 0) is 0 Å². The molecule has 4 nitrogen and oxygen atoms in total. The van der Waals surface area contributed by atoms with Crippen LogP contribution >= 0.6 is 11.6 Å². The molecule has 4 aromatic rings. The molecule has 4 rings (SSSR count). The summed E-state index contributed by atoms with van der Waals surface area (Å²) < 4.78 is 11.2. The fraction of sp³-hybridized carbons (Fsp3) is 0.0435. The number of halogens is 1. The van der Waals surface area contributed by atoms with E-state index >= 15 is 0 Å². The third-order valence-corrected chi connectivity index (χ3v) is 4.62. The van der Waals surface area contributed by atoms with Crippen molar-refractivity contribution in [1.29, 1.82) is 0 Å². The molecule has 0 radical (unpaired) electrons. The fourth-order valence-electron chi connectivity index (χ4n) is 2.88. The molecule has 0 fully saturated rings. The Labute approximate surface area is 166 Å². The van der Waals surface area contributed by atoms with Crippen LogP contribution in [0.1, 0.15) is 10.4 Å². The quantitative estimate of drug-likeness (QED) is 0.429. The number of rotatable bonds is 5. The van der Waals surface area contributed by atoms with Gasteiger partial charge in [0, 0.05) is 16.7 Å². The molecule has 0 aliphatic rings. The highest BCUT2D eigenvalue weighted by Crippen LogP contribution is 2.23. The van der Waals surface area contributed by atoms with E-state index in [-0.39, 0.29) is 17.8 Å². The van der Waals surface area contributed by atoms with E-state index in [1.807, 2.05) is 30.3 Å². The van der Waals surface area contributed by atoms with Crippen LogP contribution in [0, 0.1) is 0 Å². The number of ketones is 1. The lowest BCUT2D eigenvalue weighted by molar-refractivity contribution is 0.0921. The molecular weight excluding hydrogens is 376 g/mol. The lowest BCUT2D eigenvalue weighted by atomic mass is 10.1. The van der Waals surface area contributed by atoms with Gasteiger partial charge in [0.25, 0.3) is 0 Å². The molecule has 0 aliphatic carbocycles. The molecule has 0 saturated heterocycles. The molecule has 0 aliphatic heterocycles. The van der Waals surface area contributed by atoms with Crippen LogP contribution in [0.15, 0.2) is 88.3 Å². The number of ether oxygens (including phenoxy) is 1. The molecule has 5 heteroatoms. The average molecular weight is 391 g/mol. The number of hydrogen-bond donors (Lipinski definition) is 0. The molecular formula is C23H15ClO4. The Morgan fingerprint density at radius 2 is 1.71 bits per heavy atom. The zero-order valence-corrected chi connectivity index (χ0v) is 15.5. The van der Waals surface area contributed by atoms with Crippen molar-refractivity contribution in [3.05, 3.63) is 99.9 Å². The molecule has 28 heavy (non-hydrogen) atoms. The van der Waals surface area contributed by atoms with Gasteiger partial charge in [-0.1, -0.05) is 41.9 Å². The zero-order valence-electron chi connectivity index (χ0n) is 14.7. The van der Waals surface area contributed by atoms with Crippen molar-refractivity contribution < 1.29 is 13.9 Å². The average Bonchev–Trinajstić information content (AvgIpc) is 2.73. The SMILES string of the molecule is O=C(COc1ccc2c(=O)c(-c3ccccc3)coc2c1)c1ccc(Cl)cc1. The molecule has 0 saturated carbocycles. The highest BCUT2D eigenvalue weighted by molar-refractivity contribution is 6.30. The second-order valence-electron chi connectivity index (χ2n) is 6.22. The Morgan fingerprint density at radius 3 is 2.46 bits per heavy atom. The van der Waals surface area contributed by atoms with Crippen molar-refractivity contribution in [2.45, 2.75) is 0 Å². The zero-order chi connectivity index (χ0) is 19.5. The smallest absolute Gasteiger partial charge is 0.200 e. The molecule has 0 unspecified atom stereocenters. The summed E-state index contributed by atoms with van der Waals surface area (Å²) in [5, 5.41) is 1.02. The predicted octanol–water partition coefficient (Wildman–Crippen LogP) is 5.38. The van der Waals surface area contributed by atoms with Gasteiger partial charge in [-0.3, -0.25) is 9.59 Å². The lowest BCUT2D eigenvalue weighted by Gasteiger charge is -2.07. The normalized spacial score (nSPS) is 10.8. The maximum atomic E-state index is 12.8. The third kappa shape index (κ3) is 3.68. The minimum absolute atomic E-state index is 0.115. The number of carbonyl (C=O) groups is 1. The van der Waals surface area contributed by atoms with Gasteiger partial charge in [-0.25, -0.2) is 0 Å². The predicted molar refractivity (Wildman–Crippen MR) is 109 cm³/mol. The summed E-state index contributed by atoms with van der Waals surface area (Å²) in [5.74, 6) is 0.281. The van der Waals surface area contributed by atoms with Gasteiger partial charge in [0.15, 0.2) is 17.8 Å². The van der Waals surface area contributed by atoms with Crippen LogP contribution in [0.3, 0.4) is 0 Å². The summed E-state index contributed by atoms with van der Waals surface area (Å²) in [6.07, 6.45) is 1.45. The van der Waals surface area contributed by atoms with Gasteiger partial charge in [-0.2, -0.15) is 0 Å². The van der Waals surface area contributed by atoms with Gasteiger partial charge in [-0.05, 0) is 42.0 Å². The van der Waals surface area contributed by atoms with Crippen molar-refractivity contribution >= 4 is 28.4 Å². The van der Waals surface area contributed by atoms with Crippen LogP contribution in [-0.4, -0.2) is 12.4 Å². The number of hydrogen-bond acceptors (Lipinski definition) is 4. The summed E-state index contributed by atoms with van der Waals surface area (Å²) in [6.45, 7) is -0.126. The minimum atomic E-state index is -0.169. The Hall–Kier alpha value is -3.37. The summed E-state index contributed by atoms with van der Waals surface area (Å²) in [6, 6.07) is 20.9. The topological polar surface area (TPSA) is 56.5 Å². The first-order chi connectivity index (χ1) is 13.6. The minimum Gasteiger partial charge on any atom is -0.485 e. The van der Waals surface area contributed by atoms with Gasteiger partial charge in [0.05, 0.1) is 10.9 Å². The highest BCUT2D eigenvalue weighted by Gasteiger charge is 2.11. The Kier molecular flexibility index (Phi) is 4.96. The van der Waals surface area contributed by atoms with E-state index in [1.165, 1.54) is 6.26 Å². The maximum Gasteiger partial charge on any atom is 0.200 e. The molecule has 0 N–H and O–H groups in total. The van der Waals surface area contributed by atoms with Gasteiger partial charge in [0.2, 0.25) is 0 Å². The van der Waals surface area contributed by atoms with Crippen molar-refractivity contribution in [1.82, 2.24) is 0 Å². The molecule has 0 amide bonds. The Bertz CT molecular complexity index is 1190. The molecule has 1 heterocycles. The van der Waals surface area contributed by atoms with Crippen LogP contribution < -0.4 is 10.2 Å². The largest absolute Gasteiger partial charge is 0.485 e. The standard InChI is InChI=1S/C23H15ClO4/c24-17-8-6-16(7-9-17)21(25)14-27-18-10-11-19-22(12-18)28-13-20(23(19)26)15-4-2-1-3-5-15/h1-13H,14H2. The van der Waals surface area contributed by atoms with Gasteiger partial charge in [0.1, 0.15) is 17.6 Å². The third-order valence-electron chi connectivity index (χ3n) is 4.37. The first kappa shape index (κ1) is 18.0. The van der Waals surface area contributed by atoms with Crippen molar-refractivity contribution in [2.24, 2.45) is 0 Å². The van der Waals surface area contributed by atoms with Crippen LogP contribution in [0.4, 0.5) is 0 Å². The number of benzene rings is 3. The van der Waals surface area contributed by atoms with Gasteiger partial charge >= 0.3 is 0 Å². The summed E-state index contributed by atoms with van der Waals surface area (Å²) in [7, 11) is 0. The molecule has 0 spiro atoms. The Balaban J connectivity index is 1.56. The summed E-state index contributed by atoms with van der Waals surface area (Å²) in [5.41, 5.74) is 2.10. The van der Waals surface area contributed by atoms with Gasteiger partial charge < -0.3 is 9.15 Å². The monoisotopic (exact) mass is 390 g/mol. The number of Topliss-reactive ketones (excluding diaryl/α,β-unsaturated/α-hetero) is 1. The molecule has 3 aromatic carbocycles. The van der Waals surface area contributed by atoms with Crippen LogP contribution in [0.25, 0.3) is 22.1 Å². The lowest BCUT2D eigenvalue weighted by Crippen LogP contribution is -2.11. The fourth-order valence-corrected chi connectivity index (χ4v) is 3.01. The van der Waals surface area contributed by atoms with E-state index < -0.39 is 0 Å². The Morgan fingerprint density at radius 1 is 0.964 bits per heavy atom. The molecule has 0 atom stereocenters. The van der Waals surface area contributed by atoms with Gasteiger partial charge in [-0.15, -0.1) is 0 Å². The van der Waals surface area contributed by atoms with Crippen molar-refractivity contribution in [3.63, 3.8) is 0 Å². The van der Waals surface area contributed by atoms with E-state index in [9.17, 15) is 9.59 Å². The highest BCUT2D eigenvalue weighted by atomic mass is 35.5. The van der Waals surface area contributed by atoms with E-state index in [0.29, 0.717) is 32.9 Å². The second kappa shape index (κ2) is 7.71. The van der Waals surface area contributed by atoms with Crippen molar-refractivity contribution in [3.8, 4) is 16.9 Å². The van der Waals surface area contributed by atoms with Crippen LogP contribution in [0.2, 0.25) is 5.02 Å². The van der Waals surface area contributed by atoms with E-state index in [1.54, 1.807) is 42.5 Å².